The fourth-order valence-electron chi connectivity index (χ4n) is 2.94. The second-order valence-electron chi connectivity index (χ2n) is 7.91. The first-order chi connectivity index (χ1) is 18.0. The van der Waals surface area contributed by atoms with Gasteiger partial charge in [0, 0.05) is 19.5 Å². The van der Waals surface area contributed by atoms with Crippen LogP contribution in [0.15, 0.2) is 0 Å². The van der Waals surface area contributed by atoms with E-state index in [1.165, 1.54) is 7.11 Å². The summed E-state index contributed by atoms with van der Waals surface area (Å²) in [5.41, 5.74) is 10.6. The maximum absolute atomic E-state index is 12.1. The van der Waals surface area contributed by atoms with Crippen LogP contribution >= 0.6 is 0 Å². The van der Waals surface area contributed by atoms with Gasteiger partial charge in [0.15, 0.2) is 5.78 Å². The van der Waals surface area contributed by atoms with Crippen molar-refractivity contribution in [3.63, 3.8) is 0 Å². The molecule has 1 amide bonds. The Bertz CT molecular complexity index is 569. The molecule has 0 aliphatic heterocycles. The molecule has 5 N–H and O–H groups in total. The molecule has 1 atom stereocenters. The van der Waals surface area contributed by atoms with Gasteiger partial charge in [0.2, 0.25) is 5.91 Å². The van der Waals surface area contributed by atoms with Crippen LogP contribution in [0.5, 0.6) is 0 Å². The molecule has 0 fully saturated rings. The maximum atomic E-state index is 12.1. The second-order valence-corrected chi connectivity index (χ2v) is 7.91. The third-order valence-electron chi connectivity index (χ3n) is 4.78. The Morgan fingerprint density at radius 3 is 1.65 bits per heavy atom. The first-order valence-electron chi connectivity index (χ1n) is 12.8. The van der Waals surface area contributed by atoms with E-state index >= 15 is 0 Å². The number of amides is 1. The van der Waals surface area contributed by atoms with E-state index in [4.69, 9.17) is 44.6 Å². The van der Waals surface area contributed by atoms with E-state index in [1.807, 2.05) is 0 Å². The molecule has 0 aliphatic carbocycles. The van der Waals surface area contributed by atoms with Crippen LogP contribution in [0.25, 0.3) is 0 Å². The SMILES string of the molecule is COC(=O)C(CCCCCC(=O)COCCOCCOCCN)NC(=O)COCCOCCOCCN. The zero-order chi connectivity index (χ0) is 27.4. The van der Waals surface area contributed by atoms with E-state index in [1.54, 1.807) is 0 Å². The molecule has 0 aromatic carbocycles. The van der Waals surface area contributed by atoms with Crippen molar-refractivity contribution in [2.75, 3.05) is 99.5 Å². The maximum Gasteiger partial charge on any atom is 0.328 e. The molecule has 37 heavy (non-hydrogen) atoms. The fourth-order valence-corrected chi connectivity index (χ4v) is 2.94. The molecule has 0 rings (SSSR count). The molecular formula is C24H47N3O10. The van der Waals surface area contributed by atoms with Gasteiger partial charge >= 0.3 is 5.97 Å². The van der Waals surface area contributed by atoms with Gasteiger partial charge in [-0.1, -0.05) is 12.8 Å². The molecule has 0 bridgehead atoms. The molecule has 13 heteroatoms. The number of ketones is 1. The summed E-state index contributed by atoms with van der Waals surface area (Å²) in [6.45, 7) is 4.87. The minimum atomic E-state index is -0.767. The number of rotatable bonds is 28. The van der Waals surface area contributed by atoms with Gasteiger partial charge in [0.05, 0.1) is 73.2 Å². The van der Waals surface area contributed by atoms with Gasteiger partial charge in [0.1, 0.15) is 19.3 Å². The summed E-state index contributed by atoms with van der Waals surface area (Å²) in [5.74, 6) is -0.929. The van der Waals surface area contributed by atoms with Crippen LogP contribution in [0.4, 0.5) is 0 Å². The molecule has 0 heterocycles. The van der Waals surface area contributed by atoms with Crippen molar-refractivity contribution in [2.24, 2.45) is 11.5 Å². The highest BCUT2D eigenvalue weighted by atomic mass is 16.6. The highest BCUT2D eigenvalue weighted by molar-refractivity contribution is 5.85. The zero-order valence-corrected chi connectivity index (χ0v) is 22.2. The summed E-state index contributed by atoms with van der Waals surface area (Å²) in [5, 5.41) is 2.63. The van der Waals surface area contributed by atoms with Gasteiger partial charge in [-0.3, -0.25) is 9.59 Å². The van der Waals surface area contributed by atoms with Crippen LogP contribution in [0.1, 0.15) is 32.1 Å². The van der Waals surface area contributed by atoms with Crippen molar-refractivity contribution in [2.45, 2.75) is 38.1 Å². The molecule has 0 aromatic heterocycles. The van der Waals surface area contributed by atoms with Crippen LogP contribution in [0.3, 0.4) is 0 Å². The largest absolute Gasteiger partial charge is 0.467 e. The van der Waals surface area contributed by atoms with Crippen molar-refractivity contribution < 1.29 is 47.5 Å². The van der Waals surface area contributed by atoms with Crippen LogP contribution in [0, 0.1) is 0 Å². The molecule has 1 unspecified atom stereocenters. The van der Waals surface area contributed by atoms with E-state index in [0.717, 1.165) is 6.42 Å². The topological polar surface area (TPSA) is 180 Å². The van der Waals surface area contributed by atoms with Crippen molar-refractivity contribution in [1.29, 1.82) is 0 Å². The fraction of sp³-hybridized carbons (Fsp3) is 0.875. The number of hydrogen-bond acceptors (Lipinski definition) is 12. The first-order valence-corrected chi connectivity index (χ1v) is 12.8. The lowest BCUT2D eigenvalue weighted by Gasteiger charge is -2.16. The Balaban J connectivity index is 3.81. The molecule has 0 aliphatic rings. The van der Waals surface area contributed by atoms with Crippen molar-refractivity contribution >= 4 is 17.7 Å². The Hall–Kier alpha value is -1.71. The van der Waals surface area contributed by atoms with Gasteiger partial charge in [-0.05, 0) is 12.8 Å². The minimum absolute atomic E-state index is 0.00770. The average molecular weight is 538 g/mol. The van der Waals surface area contributed by atoms with E-state index in [2.05, 4.69) is 5.32 Å². The van der Waals surface area contributed by atoms with Crippen LogP contribution in [-0.4, -0.2) is 123 Å². The van der Waals surface area contributed by atoms with Gasteiger partial charge in [-0.15, -0.1) is 0 Å². The number of esters is 1. The number of methoxy groups -OCH3 is 1. The van der Waals surface area contributed by atoms with Crippen molar-refractivity contribution in [3.8, 4) is 0 Å². The molecule has 218 valence electrons. The standard InChI is InChI=1S/C24H47N3O10/c1-31-24(30)22(27-23(29)20-37-18-16-35-14-12-33-10-8-26)6-4-2-3-5-21(28)19-36-17-15-34-13-11-32-9-7-25/h22H,2-20,25-26H2,1H3,(H,27,29). The number of Topliss-reactive ketones (excluding diaryl/α,β-unsaturated/α-hetero) is 1. The number of unbranched alkanes of at least 4 members (excludes halogenated alkanes) is 2. The predicted octanol–water partition coefficient (Wildman–Crippen LogP) is -0.819. The van der Waals surface area contributed by atoms with Crippen LogP contribution in [-0.2, 0) is 47.5 Å². The second kappa shape index (κ2) is 27.3. The number of hydrogen-bond donors (Lipinski definition) is 3. The summed E-state index contributed by atoms with van der Waals surface area (Å²) >= 11 is 0. The van der Waals surface area contributed by atoms with E-state index in [9.17, 15) is 14.4 Å². The van der Waals surface area contributed by atoms with Crippen molar-refractivity contribution in [3.05, 3.63) is 0 Å². The molecule has 13 nitrogen and oxygen atoms in total. The van der Waals surface area contributed by atoms with Crippen LogP contribution in [0.2, 0.25) is 0 Å². The monoisotopic (exact) mass is 537 g/mol. The Kier molecular flexibility index (Phi) is 26.1. The summed E-state index contributed by atoms with van der Waals surface area (Å²) < 4.78 is 36.3. The highest BCUT2D eigenvalue weighted by Crippen LogP contribution is 2.08. The lowest BCUT2D eigenvalue weighted by Crippen LogP contribution is -2.43. The smallest absolute Gasteiger partial charge is 0.328 e. The minimum Gasteiger partial charge on any atom is -0.467 e. The van der Waals surface area contributed by atoms with Gasteiger partial charge in [-0.2, -0.15) is 0 Å². The van der Waals surface area contributed by atoms with Gasteiger partial charge in [0.25, 0.3) is 0 Å². The summed E-state index contributed by atoms with van der Waals surface area (Å²) in [6.07, 6.45) is 2.83. The third-order valence-corrected chi connectivity index (χ3v) is 4.78. The average Bonchev–Trinajstić information content (AvgIpc) is 2.89. The van der Waals surface area contributed by atoms with Crippen LogP contribution < -0.4 is 16.8 Å². The van der Waals surface area contributed by atoms with E-state index in [0.29, 0.717) is 98.2 Å². The molecular weight excluding hydrogens is 490 g/mol. The molecule has 0 aromatic rings. The number of nitrogens with two attached hydrogens (primary N) is 2. The third kappa shape index (κ3) is 24.4. The van der Waals surface area contributed by atoms with Gasteiger partial charge < -0.3 is 49.9 Å². The van der Waals surface area contributed by atoms with E-state index in [-0.39, 0.29) is 25.6 Å². The molecule has 0 saturated heterocycles. The highest BCUT2D eigenvalue weighted by Gasteiger charge is 2.21. The Morgan fingerprint density at radius 2 is 1.14 bits per heavy atom. The number of carbonyl (C=O) groups is 3. The Morgan fingerprint density at radius 1 is 0.649 bits per heavy atom. The molecule has 0 radical (unpaired) electrons. The number of ether oxygens (including phenoxy) is 7. The van der Waals surface area contributed by atoms with E-state index < -0.39 is 17.9 Å². The summed E-state index contributed by atoms with van der Waals surface area (Å²) in [6, 6.07) is -0.767. The predicted molar refractivity (Wildman–Crippen MR) is 135 cm³/mol. The molecule has 0 saturated carbocycles. The zero-order valence-electron chi connectivity index (χ0n) is 22.2. The molecule has 0 spiro atoms. The van der Waals surface area contributed by atoms with Gasteiger partial charge in [-0.25, -0.2) is 4.79 Å². The lowest BCUT2D eigenvalue weighted by atomic mass is 10.1. The Labute approximate surface area is 220 Å². The quantitative estimate of drug-likeness (QED) is 0.0835. The lowest BCUT2D eigenvalue weighted by molar-refractivity contribution is -0.146. The number of carbonyl (C=O) groups excluding carboxylic acids is 3. The summed E-state index contributed by atoms with van der Waals surface area (Å²) in [4.78, 5) is 36.0. The first kappa shape index (κ1) is 35.3. The summed E-state index contributed by atoms with van der Waals surface area (Å²) in [7, 11) is 1.27. The van der Waals surface area contributed by atoms with Crippen molar-refractivity contribution in [1.82, 2.24) is 5.32 Å². The normalized spacial score (nSPS) is 11.9. The number of nitrogens with one attached hydrogen (secondary N) is 1.